The van der Waals surface area contributed by atoms with E-state index < -0.39 is 0 Å². The number of carbonyl (C=O) groups excluding carboxylic acids is 1. The quantitative estimate of drug-likeness (QED) is 0.862. The van der Waals surface area contributed by atoms with Crippen LogP contribution in [0.25, 0.3) is 0 Å². The molecule has 0 saturated carbocycles. The molecule has 1 amide bonds. The number of benzene rings is 1. The van der Waals surface area contributed by atoms with Crippen molar-refractivity contribution in [3.63, 3.8) is 0 Å². The molecular weight excluding hydrogens is 272 g/mol. The first-order valence-corrected chi connectivity index (χ1v) is 8.93. The molecule has 3 aliphatic heterocycles. The van der Waals surface area contributed by atoms with Crippen molar-refractivity contribution in [2.24, 2.45) is 5.92 Å². The predicted molar refractivity (Wildman–Crippen MR) is 89.0 cm³/mol. The summed E-state index contributed by atoms with van der Waals surface area (Å²) in [6.07, 6.45) is 7.35. The Kier molecular flexibility index (Phi) is 3.48. The molecular formula is C19H26N2O. The van der Waals surface area contributed by atoms with Crippen molar-refractivity contribution in [2.75, 3.05) is 18.4 Å². The fourth-order valence-electron chi connectivity index (χ4n) is 5.26. The second-order valence-electron chi connectivity index (χ2n) is 7.21. The number of hydrogen-bond donors (Lipinski definition) is 1. The van der Waals surface area contributed by atoms with E-state index in [1.165, 1.54) is 44.2 Å². The average molecular weight is 298 g/mol. The Morgan fingerprint density at radius 1 is 1.32 bits per heavy atom. The molecule has 118 valence electrons. The molecule has 4 atom stereocenters. The van der Waals surface area contributed by atoms with Crippen molar-refractivity contribution >= 4 is 11.6 Å². The average Bonchev–Trinajstić information content (AvgIpc) is 2.95. The SMILES string of the molecule is CCCCC[C@@H]1N2CCC[C@H](C2)[C@]12C(=O)Nc1ccccc12. The lowest BCUT2D eigenvalue weighted by Crippen LogP contribution is -2.48. The molecule has 1 N–H and O–H groups in total. The van der Waals surface area contributed by atoms with E-state index in [0.717, 1.165) is 18.7 Å². The number of nitrogens with one attached hydrogen (secondary N) is 1. The molecule has 3 nitrogen and oxygen atoms in total. The first kappa shape index (κ1) is 14.3. The van der Waals surface area contributed by atoms with Gasteiger partial charge in [-0.15, -0.1) is 0 Å². The number of carbonyl (C=O) groups is 1. The second kappa shape index (κ2) is 5.38. The van der Waals surface area contributed by atoms with Crippen LogP contribution < -0.4 is 5.32 Å². The molecule has 0 aliphatic carbocycles. The molecule has 3 aliphatic rings. The summed E-state index contributed by atoms with van der Waals surface area (Å²) in [6.45, 7) is 4.53. The zero-order valence-electron chi connectivity index (χ0n) is 13.5. The minimum absolute atomic E-state index is 0.268. The Morgan fingerprint density at radius 3 is 3.05 bits per heavy atom. The van der Waals surface area contributed by atoms with Crippen LogP contribution in [0, 0.1) is 5.92 Å². The van der Waals surface area contributed by atoms with Gasteiger partial charge in [-0.2, -0.15) is 0 Å². The maximum absolute atomic E-state index is 13.1. The van der Waals surface area contributed by atoms with Gasteiger partial charge < -0.3 is 5.32 Å². The second-order valence-corrected chi connectivity index (χ2v) is 7.21. The summed E-state index contributed by atoms with van der Waals surface area (Å²) in [5, 5.41) is 3.20. The van der Waals surface area contributed by atoms with Gasteiger partial charge in [-0.05, 0) is 43.4 Å². The van der Waals surface area contributed by atoms with Crippen molar-refractivity contribution in [1.29, 1.82) is 0 Å². The highest BCUT2D eigenvalue weighted by Gasteiger charge is 2.63. The third-order valence-electron chi connectivity index (χ3n) is 6.14. The molecule has 0 radical (unpaired) electrons. The van der Waals surface area contributed by atoms with Gasteiger partial charge in [-0.25, -0.2) is 0 Å². The van der Waals surface area contributed by atoms with Gasteiger partial charge in [0.2, 0.25) is 5.91 Å². The largest absolute Gasteiger partial charge is 0.325 e. The molecule has 1 spiro atoms. The summed E-state index contributed by atoms with van der Waals surface area (Å²) in [6, 6.07) is 8.80. The van der Waals surface area contributed by atoms with Crippen LogP contribution >= 0.6 is 0 Å². The fourth-order valence-corrected chi connectivity index (χ4v) is 5.26. The Balaban J connectivity index is 1.77. The first-order valence-electron chi connectivity index (χ1n) is 8.93. The van der Waals surface area contributed by atoms with E-state index in [0.29, 0.717) is 12.0 Å². The summed E-state index contributed by atoms with van der Waals surface area (Å²) in [5.41, 5.74) is 2.05. The Labute approximate surface area is 133 Å². The minimum atomic E-state index is -0.277. The van der Waals surface area contributed by atoms with Crippen molar-refractivity contribution in [1.82, 2.24) is 4.90 Å². The van der Waals surface area contributed by atoms with E-state index in [9.17, 15) is 4.79 Å². The summed E-state index contributed by atoms with van der Waals surface area (Å²) in [5.74, 6) is 0.765. The zero-order valence-corrected chi connectivity index (χ0v) is 13.5. The van der Waals surface area contributed by atoms with Crippen LogP contribution in [-0.4, -0.2) is 29.9 Å². The maximum Gasteiger partial charge on any atom is 0.237 e. The van der Waals surface area contributed by atoms with Gasteiger partial charge in [-0.3, -0.25) is 9.69 Å². The van der Waals surface area contributed by atoms with E-state index in [2.05, 4.69) is 35.3 Å². The third kappa shape index (κ3) is 1.81. The van der Waals surface area contributed by atoms with Gasteiger partial charge in [0.25, 0.3) is 0 Å². The number of fused-ring (bicyclic) bond motifs is 5. The molecule has 3 heterocycles. The molecule has 2 bridgehead atoms. The zero-order chi connectivity index (χ0) is 15.2. The predicted octanol–water partition coefficient (Wildman–Crippen LogP) is 3.55. The number of piperidine rings is 1. The van der Waals surface area contributed by atoms with Crippen LogP contribution in [-0.2, 0) is 10.2 Å². The highest BCUT2D eigenvalue weighted by atomic mass is 16.2. The van der Waals surface area contributed by atoms with E-state index in [1.807, 2.05) is 6.07 Å². The van der Waals surface area contributed by atoms with Crippen LogP contribution in [0.5, 0.6) is 0 Å². The van der Waals surface area contributed by atoms with Gasteiger partial charge in [0.05, 0.1) is 5.41 Å². The lowest BCUT2D eigenvalue weighted by Gasteiger charge is -2.34. The van der Waals surface area contributed by atoms with E-state index >= 15 is 0 Å². The summed E-state index contributed by atoms with van der Waals surface area (Å²) < 4.78 is 0. The first-order chi connectivity index (χ1) is 10.8. The highest BCUT2D eigenvalue weighted by Crippen LogP contribution is 2.55. The Morgan fingerprint density at radius 2 is 2.18 bits per heavy atom. The van der Waals surface area contributed by atoms with Crippen molar-refractivity contribution in [3.05, 3.63) is 29.8 Å². The normalized spacial score (nSPS) is 35.7. The summed E-state index contributed by atoms with van der Waals surface area (Å²) >= 11 is 0. The van der Waals surface area contributed by atoms with E-state index in [4.69, 9.17) is 0 Å². The molecule has 0 aromatic heterocycles. The van der Waals surface area contributed by atoms with Crippen molar-refractivity contribution in [2.45, 2.75) is 56.9 Å². The molecule has 1 aromatic rings. The van der Waals surface area contributed by atoms with Crippen LogP contribution in [0.3, 0.4) is 0 Å². The maximum atomic E-state index is 13.1. The molecule has 1 unspecified atom stereocenters. The lowest BCUT2D eigenvalue weighted by atomic mass is 9.67. The highest BCUT2D eigenvalue weighted by molar-refractivity contribution is 6.07. The van der Waals surface area contributed by atoms with Crippen molar-refractivity contribution < 1.29 is 4.79 Å². The Bertz CT molecular complexity index is 585. The minimum Gasteiger partial charge on any atom is -0.325 e. The van der Waals surface area contributed by atoms with Gasteiger partial charge in [0.15, 0.2) is 0 Å². The van der Waals surface area contributed by atoms with Gasteiger partial charge in [-0.1, -0.05) is 44.4 Å². The van der Waals surface area contributed by atoms with Crippen LogP contribution in [0.4, 0.5) is 5.69 Å². The number of unbranched alkanes of at least 4 members (excludes halogenated alkanes) is 2. The fraction of sp³-hybridized carbons (Fsp3) is 0.632. The molecule has 2 fully saturated rings. The number of anilines is 1. The third-order valence-corrected chi connectivity index (χ3v) is 6.14. The van der Waals surface area contributed by atoms with Crippen LogP contribution in [0.2, 0.25) is 0 Å². The van der Waals surface area contributed by atoms with Crippen molar-refractivity contribution in [3.8, 4) is 0 Å². The molecule has 1 aromatic carbocycles. The van der Waals surface area contributed by atoms with E-state index in [1.54, 1.807) is 0 Å². The van der Waals surface area contributed by atoms with Crippen LogP contribution in [0.15, 0.2) is 24.3 Å². The molecule has 2 saturated heterocycles. The smallest absolute Gasteiger partial charge is 0.237 e. The molecule has 22 heavy (non-hydrogen) atoms. The standard InChI is InChI=1S/C19H26N2O/c1-2-3-4-11-17-19(14-8-7-12-21(17)13-14)15-9-5-6-10-16(15)20-18(19)22/h5-6,9-10,14,17H,2-4,7-8,11-13H2,1H3,(H,20,22)/t14-,17+,19-/m1/s1. The number of nitrogens with zero attached hydrogens (tertiary/aromatic N) is 1. The monoisotopic (exact) mass is 298 g/mol. The van der Waals surface area contributed by atoms with Gasteiger partial charge >= 0.3 is 0 Å². The molecule has 4 rings (SSSR count). The van der Waals surface area contributed by atoms with E-state index in [-0.39, 0.29) is 11.3 Å². The molecule has 3 heteroatoms. The number of hydrogen-bond acceptors (Lipinski definition) is 2. The number of rotatable bonds is 4. The number of para-hydroxylation sites is 1. The Hall–Kier alpha value is -1.35. The number of amides is 1. The van der Waals surface area contributed by atoms with Gasteiger partial charge in [0.1, 0.15) is 0 Å². The lowest BCUT2D eigenvalue weighted by molar-refractivity contribution is -0.123. The van der Waals surface area contributed by atoms with Gasteiger partial charge in [0, 0.05) is 18.3 Å². The summed E-state index contributed by atoms with van der Waals surface area (Å²) in [7, 11) is 0. The van der Waals surface area contributed by atoms with Crippen LogP contribution in [0.1, 0.15) is 51.0 Å². The summed E-state index contributed by atoms with van der Waals surface area (Å²) in [4.78, 5) is 15.7. The topological polar surface area (TPSA) is 32.3 Å².